The molecule has 0 saturated heterocycles. The molecule has 1 aliphatic rings. The molecule has 0 aromatic heterocycles. The molecule has 2 nitrogen and oxygen atoms in total. The summed E-state index contributed by atoms with van der Waals surface area (Å²) in [5.74, 6) is -0.501. The summed E-state index contributed by atoms with van der Waals surface area (Å²) >= 11 is 5.89. The van der Waals surface area contributed by atoms with Gasteiger partial charge in [0.15, 0.2) is 0 Å². The Bertz CT molecular complexity index is 504. The molecule has 0 spiro atoms. The lowest BCUT2D eigenvalue weighted by atomic mass is 9.71. The van der Waals surface area contributed by atoms with E-state index in [1.807, 2.05) is 0 Å². The van der Waals surface area contributed by atoms with Gasteiger partial charge < -0.3 is 5.11 Å². The Morgan fingerprint density at radius 3 is 2.40 bits per heavy atom. The first-order chi connectivity index (χ1) is 9.59. The van der Waals surface area contributed by atoms with Crippen molar-refractivity contribution in [1.82, 2.24) is 0 Å². The fourth-order valence-corrected chi connectivity index (χ4v) is 3.18. The second-order valence-electron chi connectivity index (χ2n) is 5.60. The average Bonchev–Trinajstić information content (AvgIpc) is 2.41. The van der Waals surface area contributed by atoms with Gasteiger partial charge in [-0.25, -0.2) is 4.39 Å². The van der Waals surface area contributed by atoms with Crippen molar-refractivity contribution in [2.75, 3.05) is 0 Å². The van der Waals surface area contributed by atoms with Gasteiger partial charge in [-0.15, -0.1) is 0 Å². The van der Waals surface area contributed by atoms with E-state index in [0.717, 1.165) is 25.7 Å². The highest BCUT2D eigenvalue weighted by molar-refractivity contribution is 6.30. The molecule has 1 aliphatic carbocycles. The number of halogens is 2. The van der Waals surface area contributed by atoms with Crippen LogP contribution < -0.4 is 0 Å². The van der Waals surface area contributed by atoms with Crippen LogP contribution in [-0.2, 0) is 0 Å². The van der Waals surface area contributed by atoms with Crippen molar-refractivity contribution in [2.24, 2.45) is 5.41 Å². The highest BCUT2D eigenvalue weighted by atomic mass is 35.5. The second kappa shape index (κ2) is 6.56. The van der Waals surface area contributed by atoms with Gasteiger partial charge in [0, 0.05) is 10.6 Å². The topological polar surface area (TPSA) is 44.0 Å². The standard InChI is InChI=1S/C16H19ClFNO/c17-12-6-7-14(18)13(10-12)15(20)16(11-19)8-4-2-1-3-5-9-16/h6-7,10,15,20H,1-5,8-9H2. The molecule has 0 radical (unpaired) electrons. The summed E-state index contributed by atoms with van der Waals surface area (Å²) < 4.78 is 13.9. The van der Waals surface area contributed by atoms with E-state index in [2.05, 4.69) is 6.07 Å². The van der Waals surface area contributed by atoms with Crippen LogP contribution in [0.5, 0.6) is 0 Å². The first kappa shape index (κ1) is 15.3. The predicted molar refractivity (Wildman–Crippen MR) is 76.7 cm³/mol. The van der Waals surface area contributed by atoms with Crippen molar-refractivity contribution in [3.8, 4) is 6.07 Å². The summed E-state index contributed by atoms with van der Waals surface area (Å²) in [6.45, 7) is 0. The van der Waals surface area contributed by atoms with Gasteiger partial charge in [0.05, 0.1) is 11.5 Å². The van der Waals surface area contributed by atoms with Crippen LogP contribution in [0, 0.1) is 22.6 Å². The van der Waals surface area contributed by atoms with E-state index in [1.54, 1.807) is 0 Å². The lowest BCUT2D eigenvalue weighted by Crippen LogP contribution is -2.29. The first-order valence-corrected chi connectivity index (χ1v) is 7.51. The number of aliphatic hydroxyl groups excluding tert-OH is 1. The Kier molecular flexibility index (Phi) is 5.01. The van der Waals surface area contributed by atoms with Crippen LogP contribution in [0.1, 0.15) is 56.6 Å². The average molecular weight is 296 g/mol. The monoisotopic (exact) mass is 295 g/mol. The maximum Gasteiger partial charge on any atom is 0.129 e. The summed E-state index contributed by atoms with van der Waals surface area (Å²) in [5, 5.41) is 20.6. The zero-order valence-electron chi connectivity index (χ0n) is 11.4. The molecule has 0 aliphatic heterocycles. The molecule has 1 aromatic rings. The molecule has 1 unspecified atom stereocenters. The Hall–Kier alpha value is -1.11. The minimum Gasteiger partial charge on any atom is -0.387 e. The van der Waals surface area contributed by atoms with E-state index in [9.17, 15) is 14.8 Å². The number of rotatable bonds is 2. The summed E-state index contributed by atoms with van der Waals surface area (Å²) in [7, 11) is 0. The van der Waals surface area contributed by atoms with E-state index in [1.165, 1.54) is 24.6 Å². The molecule has 20 heavy (non-hydrogen) atoms. The maximum absolute atomic E-state index is 13.9. The van der Waals surface area contributed by atoms with Crippen LogP contribution in [0.3, 0.4) is 0 Å². The number of benzene rings is 1. The van der Waals surface area contributed by atoms with Crippen molar-refractivity contribution in [3.63, 3.8) is 0 Å². The molecule has 4 heteroatoms. The normalized spacial score (nSPS) is 20.5. The van der Waals surface area contributed by atoms with Gasteiger partial charge in [-0.05, 0) is 31.0 Å². The summed E-state index contributed by atoms with van der Waals surface area (Å²) in [4.78, 5) is 0. The van der Waals surface area contributed by atoms with E-state index < -0.39 is 17.3 Å². The largest absolute Gasteiger partial charge is 0.387 e. The molecule has 108 valence electrons. The van der Waals surface area contributed by atoms with Crippen molar-refractivity contribution < 1.29 is 9.50 Å². The van der Waals surface area contributed by atoms with Gasteiger partial charge in [0.25, 0.3) is 0 Å². The van der Waals surface area contributed by atoms with E-state index in [0.29, 0.717) is 17.9 Å². The number of nitrogens with zero attached hydrogens (tertiary/aromatic N) is 1. The van der Waals surface area contributed by atoms with Crippen molar-refractivity contribution in [2.45, 2.75) is 51.0 Å². The van der Waals surface area contributed by atoms with Crippen LogP contribution in [0.4, 0.5) is 4.39 Å². The zero-order valence-corrected chi connectivity index (χ0v) is 12.2. The molecular formula is C16H19ClFNO. The smallest absolute Gasteiger partial charge is 0.129 e. The van der Waals surface area contributed by atoms with Gasteiger partial charge in [-0.2, -0.15) is 5.26 Å². The van der Waals surface area contributed by atoms with Gasteiger partial charge in [0.2, 0.25) is 0 Å². The lowest BCUT2D eigenvalue weighted by Gasteiger charge is -2.33. The molecule has 1 fully saturated rings. The molecule has 1 atom stereocenters. The van der Waals surface area contributed by atoms with Crippen LogP contribution in [0.2, 0.25) is 5.02 Å². The number of hydrogen-bond donors (Lipinski definition) is 1. The molecule has 2 rings (SSSR count). The Morgan fingerprint density at radius 2 is 1.80 bits per heavy atom. The third kappa shape index (κ3) is 3.13. The van der Waals surface area contributed by atoms with Gasteiger partial charge in [0.1, 0.15) is 11.9 Å². The fraction of sp³-hybridized carbons (Fsp3) is 0.562. The van der Waals surface area contributed by atoms with Gasteiger partial charge >= 0.3 is 0 Å². The summed E-state index contributed by atoms with van der Waals surface area (Å²) in [6, 6.07) is 6.39. The van der Waals surface area contributed by atoms with Crippen molar-refractivity contribution >= 4 is 11.6 Å². The zero-order chi connectivity index (χ0) is 14.6. The van der Waals surface area contributed by atoms with Crippen LogP contribution >= 0.6 is 11.6 Å². The van der Waals surface area contributed by atoms with E-state index in [-0.39, 0.29) is 5.56 Å². The highest BCUT2D eigenvalue weighted by Gasteiger charge is 2.40. The van der Waals surface area contributed by atoms with Crippen molar-refractivity contribution in [3.05, 3.63) is 34.6 Å². The molecular weight excluding hydrogens is 277 g/mol. The number of hydrogen-bond acceptors (Lipinski definition) is 2. The SMILES string of the molecule is N#CC1(C(O)c2cc(Cl)ccc2F)CCCCCCC1. The molecule has 0 bridgehead atoms. The molecule has 0 heterocycles. The third-order valence-corrected chi connectivity index (χ3v) is 4.48. The minimum atomic E-state index is -1.12. The van der Waals surface area contributed by atoms with Crippen LogP contribution in [-0.4, -0.2) is 5.11 Å². The van der Waals surface area contributed by atoms with E-state index in [4.69, 9.17) is 11.6 Å². The minimum absolute atomic E-state index is 0.139. The number of nitriles is 1. The van der Waals surface area contributed by atoms with Gasteiger partial charge in [-0.3, -0.25) is 0 Å². The first-order valence-electron chi connectivity index (χ1n) is 7.13. The highest BCUT2D eigenvalue weighted by Crippen LogP contribution is 2.44. The third-order valence-electron chi connectivity index (χ3n) is 4.24. The van der Waals surface area contributed by atoms with Crippen LogP contribution in [0.15, 0.2) is 18.2 Å². The van der Waals surface area contributed by atoms with E-state index >= 15 is 0 Å². The molecule has 1 saturated carbocycles. The summed E-state index contributed by atoms with van der Waals surface area (Å²) in [6.07, 6.45) is 5.18. The molecule has 1 aromatic carbocycles. The maximum atomic E-state index is 13.9. The predicted octanol–water partition coefficient (Wildman–Crippen LogP) is 4.77. The van der Waals surface area contributed by atoms with Gasteiger partial charge in [-0.1, -0.05) is 43.7 Å². The Morgan fingerprint density at radius 1 is 1.20 bits per heavy atom. The fourth-order valence-electron chi connectivity index (χ4n) is 3.00. The number of aliphatic hydroxyl groups is 1. The second-order valence-corrected chi connectivity index (χ2v) is 6.04. The quantitative estimate of drug-likeness (QED) is 0.854. The van der Waals surface area contributed by atoms with Crippen LogP contribution in [0.25, 0.3) is 0 Å². The Balaban J connectivity index is 2.33. The lowest BCUT2D eigenvalue weighted by molar-refractivity contribution is 0.0407. The molecule has 1 N–H and O–H groups in total. The summed E-state index contributed by atoms with van der Waals surface area (Å²) in [5.41, 5.74) is -0.758. The van der Waals surface area contributed by atoms with Crippen molar-refractivity contribution in [1.29, 1.82) is 5.26 Å². The molecule has 0 amide bonds. The Labute approximate surface area is 124 Å².